The van der Waals surface area contributed by atoms with Gasteiger partial charge in [0.25, 0.3) is 0 Å². The highest BCUT2D eigenvalue weighted by Gasteiger charge is 2.26. The zero-order chi connectivity index (χ0) is 9.35. The van der Waals surface area contributed by atoms with Crippen LogP contribution in [-0.4, -0.2) is 44.2 Å². The van der Waals surface area contributed by atoms with E-state index in [-0.39, 0.29) is 12.1 Å². The summed E-state index contributed by atoms with van der Waals surface area (Å²) in [6.45, 7) is 5.16. The minimum atomic E-state index is -3.00. The highest BCUT2D eigenvalue weighted by Crippen LogP contribution is 2.07. The molecule has 0 unspecified atom stereocenters. The van der Waals surface area contributed by atoms with Crippen molar-refractivity contribution in [1.82, 2.24) is 9.62 Å². The van der Waals surface area contributed by atoms with Crippen LogP contribution in [0.1, 0.15) is 13.8 Å². The average Bonchev–Trinajstić information content (AvgIpc) is 1.82. The normalized spacial score (nSPS) is 33.6. The Kier molecular flexibility index (Phi) is 2.75. The van der Waals surface area contributed by atoms with Crippen LogP contribution >= 0.6 is 0 Å². The summed E-state index contributed by atoms with van der Waals surface area (Å²) in [5, 5.41) is 3.28. The highest BCUT2D eigenvalue weighted by molar-refractivity contribution is 7.88. The Bertz CT molecular complexity index is 240. The summed E-state index contributed by atoms with van der Waals surface area (Å²) >= 11 is 0. The third kappa shape index (κ3) is 2.43. The van der Waals surface area contributed by atoms with Crippen LogP contribution in [0.4, 0.5) is 0 Å². The van der Waals surface area contributed by atoms with Gasteiger partial charge in [-0.15, -0.1) is 0 Å². The molecule has 0 bridgehead atoms. The SMILES string of the molecule is C[C@@H]1CN(S(C)(=O)=O)C[C@H](C)N1. The summed E-state index contributed by atoms with van der Waals surface area (Å²) in [5.41, 5.74) is 0. The number of hydrogen-bond acceptors (Lipinski definition) is 3. The molecule has 0 aromatic carbocycles. The van der Waals surface area contributed by atoms with E-state index < -0.39 is 10.0 Å². The lowest BCUT2D eigenvalue weighted by Gasteiger charge is -2.34. The summed E-state index contributed by atoms with van der Waals surface area (Å²) in [5.74, 6) is 0. The Hall–Kier alpha value is -0.130. The van der Waals surface area contributed by atoms with Crippen molar-refractivity contribution in [3.05, 3.63) is 0 Å². The molecule has 0 saturated carbocycles. The quantitative estimate of drug-likeness (QED) is 0.616. The number of sulfonamides is 1. The van der Waals surface area contributed by atoms with Gasteiger partial charge in [-0.25, -0.2) is 8.42 Å². The fourth-order valence-electron chi connectivity index (χ4n) is 1.55. The number of rotatable bonds is 1. The summed E-state index contributed by atoms with van der Waals surface area (Å²) in [7, 11) is -3.00. The second-order valence-corrected chi connectivity index (χ2v) is 5.53. The van der Waals surface area contributed by atoms with Crippen LogP contribution in [0.3, 0.4) is 0 Å². The Balaban J connectivity index is 2.68. The van der Waals surface area contributed by atoms with Gasteiger partial charge in [0.1, 0.15) is 0 Å². The Labute approximate surface area is 74.0 Å². The van der Waals surface area contributed by atoms with Gasteiger partial charge in [-0.1, -0.05) is 0 Å². The fourth-order valence-corrected chi connectivity index (χ4v) is 2.54. The molecule has 0 spiro atoms. The fraction of sp³-hybridized carbons (Fsp3) is 1.00. The van der Waals surface area contributed by atoms with E-state index in [1.807, 2.05) is 13.8 Å². The van der Waals surface area contributed by atoms with Crippen LogP contribution in [0, 0.1) is 0 Å². The molecular formula is C7H16N2O2S. The summed E-state index contributed by atoms with van der Waals surface area (Å²) < 4.78 is 23.9. The number of hydrogen-bond donors (Lipinski definition) is 1. The minimum Gasteiger partial charge on any atom is -0.309 e. The monoisotopic (exact) mass is 192 g/mol. The molecule has 12 heavy (non-hydrogen) atoms. The molecule has 1 heterocycles. The van der Waals surface area contributed by atoms with Crippen molar-refractivity contribution in [2.75, 3.05) is 19.3 Å². The second kappa shape index (κ2) is 3.32. The van der Waals surface area contributed by atoms with Crippen molar-refractivity contribution in [1.29, 1.82) is 0 Å². The molecule has 1 aliphatic rings. The number of nitrogens with one attached hydrogen (secondary N) is 1. The van der Waals surface area contributed by atoms with E-state index in [2.05, 4.69) is 5.32 Å². The molecule has 0 aromatic rings. The molecule has 0 amide bonds. The first-order chi connectivity index (χ1) is 5.39. The van der Waals surface area contributed by atoms with E-state index in [0.29, 0.717) is 13.1 Å². The first kappa shape index (κ1) is 9.95. The van der Waals surface area contributed by atoms with Crippen molar-refractivity contribution >= 4 is 10.0 Å². The second-order valence-electron chi connectivity index (χ2n) is 3.55. The maximum Gasteiger partial charge on any atom is 0.211 e. The first-order valence-electron chi connectivity index (χ1n) is 4.11. The molecule has 1 rings (SSSR count). The smallest absolute Gasteiger partial charge is 0.211 e. The highest BCUT2D eigenvalue weighted by atomic mass is 32.2. The van der Waals surface area contributed by atoms with Gasteiger partial charge in [-0.05, 0) is 13.8 Å². The van der Waals surface area contributed by atoms with E-state index in [1.165, 1.54) is 10.6 Å². The van der Waals surface area contributed by atoms with Crippen LogP contribution < -0.4 is 5.32 Å². The molecule has 4 nitrogen and oxygen atoms in total. The Morgan fingerprint density at radius 1 is 1.25 bits per heavy atom. The van der Waals surface area contributed by atoms with Gasteiger partial charge in [0.05, 0.1) is 6.26 Å². The van der Waals surface area contributed by atoms with Crippen LogP contribution in [0.15, 0.2) is 0 Å². The van der Waals surface area contributed by atoms with Gasteiger partial charge in [0.2, 0.25) is 10.0 Å². The van der Waals surface area contributed by atoms with Crippen molar-refractivity contribution in [3.8, 4) is 0 Å². The molecule has 1 fully saturated rings. The Morgan fingerprint density at radius 2 is 1.67 bits per heavy atom. The number of nitrogens with zero attached hydrogens (tertiary/aromatic N) is 1. The van der Waals surface area contributed by atoms with Crippen LogP contribution in [0.2, 0.25) is 0 Å². The van der Waals surface area contributed by atoms with Crippen LogP contribution in [0.5, 0.6) is 0 Å². The number of piperazine rings is 1. The van der Waals surface area contributed by atoms with Crippen LogP contribution in [0.25, 0.3) is 0 Å². The lowest BCUT2D eigenvalue weighted by atomic mass is 10.2. The zero-order valence-electron chi connectivity index (χ0n) is 7.74. The van der Waals surface area contributed by atoms with E-state index in [0.717, 1.165) is 0 Å². The van der Waals surface area contributed by atoms with Gasteiger partial charge in [-0.3, -0.25) is 0 Å². The predicted molar refractivity (Wildman–Crippen MR) is 48.5 cm³/mol. The summed E-state index contributed by atoms with van der Waals surface area (Å²) in [6, 6.07) is 0.506. The third-order valence-electron chi connectivity index (χ3n) is 1.99. The van der Waals surface area contributed by atoms with Gasteiger partial charge < -0.3 is 5.32 Å². The standard InChI is InChI=1S/C7H16N2O2S/c1-6-4-9(12(3,10)11)5-7(2)8-6/h6-8H,4-5H2,1-3H3/t6-,7+. The van der Waals surface area contributed by atoms with Crippen molar-refractivity contribution in [2.45, 2.75) is 25.9 Å². The molecule has 72 valence electrons. The predicted octanol–water partition coefficient (Wildman–Crippen LogP) is -0.372. The van der Waals surface area contributed by atoms with Gasteiger partial charge in [0.15, 0.2) is 0 Å². The topological polar surface area (TPSA) is 49.4 Å². The first-order valence-corrected chi connectivity index (χ1v) is 5.95. The molecule has 5 heteroatoms. The molecule has 0 aromatic heterocycles. The minimum absolute atomic E-state index is 0.253. The zero-order valence-corrected chi connectivity index (χ0v) is 8.56. The van der Waals surface area contributed by atoms with Crippen LogP contribution in [-0.2, 0) is 10.0 Å². The maximum atomic E-state index is 11.2. The Morgan fingerprint density at radius 3 is 2.00 bits per heavy atom. The molecule has 0 radical (unpaired) electrons. The molecule has 1 saturated heterocycles. The average molecular weight is 192 g/mol. The molecular weight excluding hydrogens is 176 g/mol. The van der Waals surface area contributed by atoms with Crippen molar-refractivity contribution in [3.63, 3.8) is 0 Å². The van der Waals surface area contributed by atoms with Gasteiger partial charge in [0, 0.05) is 25.2 Å². The lowest BCUT2D eigenvalue weighted by molar-refractivity contribution is 0.264. The van der Waals surface area contributed by atoms with E-state index in [9.17, 15) is 8.42 Å². The third-order valence-corrected chi connectivity index (χ3v) is 3.23. The van der Waals surface area contributed by atoms with E-state index in [1.54, 1.807) is 0 Å². The molecule has 1 aliphatic heterocycles. The molecule has 2 atom stereocenters. The van der Waals surface area contributed by atoms with Crippen molar-refractivity contribution < 1.29 is 8.42 Å². The van der Waals surface area contributed by atoms with Gasteiger partial charge in [-0.2, -0.15) is 4.31 Å². The van der Waals surface area contributed by atoms with E-state index >= 15 is 0 Å². The molecule has 0 aliphatic carbocycles. The molecule has 1 N–H and O–H groups in total. The largest absolute Gasteiger partial charge is 0.309 e. The van der Waals surface area contributed by atoms with Gasteiger partial charge >= 0.3 is 0 Å². The lowest BCUT2D eigenvalue weighted by Crippen LogP contribution is -2.55. The van der Waals surface area contributed by atoms with E-state index in [4.69, 9.17) is 0 Å². The summed E-state index contributed by atoms with van der Waals surface area (Å²) in [6.07, 6.45) is 1.26. The van der Waals surface area contributed by atoms with Crippen molar-refractivity contribution in [2.24, 2.45) is 0 Å². The maximum absolute atomic E-state index is 11.2. The summed E-state index contributed by atoms with van der Waals surface area (Å²) in [4.78, 5) is 0.